The van der Waals surface area contributed by atoms with Gasteiger partial charge in [-0.25, -0.2) is 0 Å². The predicted molar refractivity (Wildman–Crippen MR) is 119 cm³/mol. The molecule has 10 unspecified atom stereocenters. The molecule has 0 saturated heterocycles. The summed E-state index contributed by atoms with van der Waals surface area (Å²) in [5, 5.41) is 0. The Balaban J connectivity index is -0.0000000197. The first-order chi connectivity index (χ1) is 15.7. The van der Waals surface area contributed by atoms with Gasteiger partial charge in [0, 0.05) is 0 Å². The fraction of sp³-hybridized carbons (Fsp3) is 0. The molecule has 0 amide bonds. The molecule has 46 heteroatoms. The summed E-state index contributed by atoms with van der Waals surface area (Å²) in [6.07, 6.45) is 0. The Morgan fingerprint density at radius 1 is 0.239 bits per heavy atom. The van der Waals surface area contributed by atoms with Gasteiger partial charge >= 0.3 is 480 Å². The van der Waals surface area contributed by atoms with Gasteiger partial charge in [-0.3, -0.25) is 9.11 Å². The molecule has 46 heavy (non-hydrogen) atoms. The van der Waals surface area contributed by atoms with Crippen LogP contribution in [-0.4, -0.2) is 55.4 Å². The van der Waals surface area contributed by atoms with E-state index in [-0.39, 0.29) is 372 Å². The summed E-state index contributed by atoms with van der Waals surface area (Å²) in [5.41, 5.74) is 0. The molecule has 0 aromatic rings. The molecular formula is H14Na12O23S11. The smallest absolute Gasteiger partial charge is 1.00 e. The summed E-state index contributed by atoms with van der Waals surface area (Å²) in [6.45, 7) is 0. The molecule has 10 atom stereocenters. The molecule has 0 spiro atoms. The Morgan fingerprint density at radius 2 is 0.326 bits per heavy atom. The molecule has 0 aliphatic heterocycles. The first-order valence-electron chi connectivity index (χ1n) is 5.53. The molecule has 0 aliphatic rings. The van der Waals surface area contributed by atoms with Crippen LogP contribution in [0, 0.1) is 0 Å². The van der Waals surface area contributed by atoms with Crippen molar-refractivity contribution in [3.05, 3.63) is 0 Å². The normalized spacial score (nSPS) is 16.1. The monoisotopic (exact) mass is 1010 g/mol. The van der Waals surface area contributed by atoms with E-state index >= 15 is 0 Å². The molecule has 0 heterocycles. The van der Waals surface area contributed by atoms with Gasteiger partial charge in [0.25, 0.3) is 0 Å². The van der Waals surface area contributed by atoms with Crippen LogP contribution < -0.4 is 355 Å². The van der Waals surface area contributed by atoms with Crippen molar-refractivity contribution in [2.24, 2.45) is 0 Å². The van der Waals surface area contributed by atoms with E-state index in [0.717, 1.165) is 0 Å². The van der Waals surface area contributed by atoms with Crippen LogP contribution in [0.25, 0.3) is 0 Å². The Labute approximate surface area is 574 Å². The van der Waals surface area contributed by atoms with Crippen LogP contribution in [0.2, 0.25) is 0 Å². The third-order valence-corrected chi connectivity index (χ3v) is 10.0. The second-order valence-corrected chi connectivity index (χ2v) is 12.9. The summed E-state index contributed by atoms with van der Waals surface area (Å²) in [6, 6.07) is 0. The van der Waals surface area contributed by atoms with E-state index in [0.29, 0.717) is 0 Å². The van der Waals surface area contributed by atoms with Gasteiger partial charge in [0.15, 0.2) is 0 Å². The fourth-order valence-electron chi connectivity index (χ4n) is 0.560. The van der Waals surface area contributed by atoms with Gasteiger partial charge in [-0.15, -0.1) is 36.3 Å². The van der Waals surface area contributed by atoms with Crippen LogP contribution in [0.15, 0.2) is 0 Å². The molecule has 0 radical (unpaired) electrons. The Morgan fingerprint density at radius 3 is 0.413 bits per heavy atom. The van der Waals surface area contributed by atoms with Gasteiger partial charge in [-0.05, 0) is 0 Å². The van der Waals surface area contributed by atoms with Crippen molar-refractivity contribution in [3.8, 4) is 0 Å². The molecule has 2 N–H and O–H groups in total. The number of rotatable bonds is 20. The van der Waals surface area contributed by atoms with Crippen molar-refractivity contribution in [2.75, 3.05) is 0 Å². The van der Waals surface area contributed by atoms with E-state index in [1.165, 1.54) is 0 Å². The van der Waals surface area contributed by atoms with E-state index in [2.05, 4.69) is 36.3 Å². The molecule has 0 aliphatic carbocycles. The van der Waals surface area contributed by atoms with Gasteiger partial charge < -0.3 is 17.1 Å². The van der Waals surface area contributed by atoms with E-state index in [4.69, 9.17) is 9.11 Å². The average Bonchev–Trinajstić information content (AvgIpc) is 2.57. The molecule has 23 nitrogen and oxygen atoms in total. The second-order valence-electron chi connectivity index (χ2n) is 2.95. The summed E-state index contributed by atoms with van der Waals surface area (Å²) in [4.78, 5) is 0. The van der Waals surface area contributed by atoms with Crippen molar-refractivity contribution in [1.29, 1.82) is 0 Å². The maximum atomic E-state index is 11.2. The molecule has 230 valence electrons. The summed E-state index contributed by atoms with van der Waals surface area (Å²) < 4.78 is 173. The zero-order chi connectivity index (χ0) is 26.4. The Bertz CT molecular complexity index is 943. The van der Waals surface area contributed by atoms with Crippen LogP contribution >= 0.6 is 0 Å². The van der Waals surface area contributed by atoms with E-state index in [9.17, 15) is 46.3 Å². The molecule has 0 rings (SSSR count). The minimum Gasteiger partial charge on any atom is -1.00 e. The van der Waals surface area contributed by atoms with Crippen LogP contribution in [-0.2, 0) is 161 Å². The van der Waals surface area contributed by atoms with Gasteiger partial charge in [0.1, 0.15) is 0 Å². The zero-order valence-electron chi connectivity index (χ0n) is 38.0. The maximum Gasteiger partial charge on any atom is 1.00 e. The van der Waals surface area contributed by atoms with E-state index in [1.54, 1.807) is 0 Å². The SMILES string of the molecule is O=S(O)OS(=O)OS(=O)OS(=O)OS(=O)OS(=O)OS(=O)OS(=O)OS(=O)OS(=O)OS(=O)O.[H-].[H-].[H-].[H-].[H-].[H-].[H-].[H-].[H-].[H-].[H-].[H-].[Na+].[Na+].[Na+].[Na+].[Na+].[Na+].[Na+].[Na+].[Na+].[Na+].[Na+].[Na+]. The van der Waals surface area contributed by atoms with Gasteiger partial charge in [-0.1, -0.05) is 0 Å². The standard InChI is InChI=1S/12Na.H2O23S11.12H/c;;;;;;;;;;;;1-24(2)14-26(5)16-28(7)18-30(9)20-32(11)22-34(13)23-33(12)21-31(10)19-29(8)17-27(6)15-25(3)4;;;;;;;;;;;;/h;;;;;;;;;;;;(H,1,2)(H,3,4);;;;;;;;;;;;/q12*+1;;12*-1. The summed E-state index contributed by atoms with van der Waals surface area (Å²) in [5.74, 6) is 0. The molecule has 0 saturated carbocycles. The zero-order valence-corrected chi connectivity index (χ0v) is 58.9. The van der Waals surface area contributed by atoms with Gasteiger partial charge in [0.05, 0.1) is 0 Å². The van der Waals surface area contributed by atoms with E-state index in [1.807, 2.05) is 0 Å². The Hall–Kier alpha value is 13.2. The predicted octanol–water partition coefficient (Wildman–Crippen LogP) is -39.0. The van der Waals surface area contributed by atoms with Crippen molar-refractivity contribution < 1.29 is 464 Å². The van der Waals surface area contributed by atoms with Crippen molar-refractivity contribution in [3.63, 3.8) is 0 Å². The second kappa shape index (κ2) is 60.3. The van der Waals surface area contributed by atoms with Crippen LogP contribution in [0.3, 0.4) is 0 Å². The third kappa shape index (κ3) is 63.8. The molecule has 0 fully saturated rings. The maximum absolute atomic E-state index is 11.2. The first-order valence-corrected chi connectivity index (χ1v) is 16.6. The van der Waals surface area contributed by atoms with Crippen LogP contribution in [0.5, 0.6) is 0 Å². The molecular weight excluding hydrogens is 997 g/mol. The molecule has 0 bridgehead atoms. The molecule has 0 aromatic heterocycles. The minimum absolute atomic E-state index is 0. The number of hydrogen-bond acceptors (Lipinski definition) is 21. The van der Waals surface area contributed by atoms with Crippen molar-refractivity contribution >= 4 is 125 Å². The summed E-state index contributed by atoms with van der Waals surface area (Å²) >= 11 is -35.8. The minimum atomic E-state index is -3.38. The third-order valence-electron chi connectivity index (χ3n) is 1.12. The topological polar surface area (TPSA) is 321 Å². The summed E-state index contributed by atoms with van der Waals surface area (Å²) in [7, 11) is 0. The van der Waals surface area contributed by atoms with Crippen molar-refractivity contribution in [2.45, 2.75) is 0 Å². The van der Waals surface area contributed by atoms with Crippen molar-refractivity contribution in [1.82, 2.24) is 0 Å². The average molecular weight is 1010 g/mol. The quantitative estimate of drug-likeness (QED) is 0.0845. The van der Waals surface area contributed by atoms with Gasteiger partial charge in [-0.2, -0.15) is 46.3 Å². The largest absolute Gasteiger partial charge is 1.00 e. The number of hydrogen-bond donors (Lipinski definition) is 2. The van der Waals surface area contributed by atoms with Crippen LogP contribution in [0.4, 0.5) is 0 Å². The van der Waals surface area contributed by atoms with Crippen LogP contribution in [0.1, 0.15) is 17.1 Å². The van der Waals surface area contributed by atoms with Gasteiger partial charge in [0.2, 0.25) is 0 Å². The first kappa shape index (κ1) is 93.9. The molecule has 0 aromatic carbocycles. The Kier molecular flexibility index (Phi) is 123. The van der Waals surface area contributed by atoms with E-state index < -0.39 is 125 Å². The fourth-order valence-corrected chi connectivity index (χ4v) is 6.88.